The van der Waals surface area contributed by atoms with E-state index in [9.17, 15) is 28.8 Å². The van der Waals surface area contributed by atoms with Crippen LogP contribution in [0.2, 0.25) is 0 Å². The normalized spacial score (nSPS) is 21.6. The van der Waals surface area contributed by atoms with Crippen molar-refractivity contribution in [2.24, 2.45) is 21.7 Å². The molecule has 4 N–H and O–H groups in total. The van der Waals surface area contributed by atoms with E-state index in [0.717, 1.165) is 45.1 Å². The Kier molecular flexibility index (Phi) is 29.7. The lowest BCUT2D eigenvalue weighted by molar-refractivity contribution is -0.910. The number of nitrogens with one attached hydrogen (secondary N) is 4. The average molecular weight is 1050 g/mol. The highest BCUT2D eigenvalue weighted by Gasteiger charge is 2.43. The molecule has 0 heterocycles. The van der Waals surface area contributed by atoms with Gasteiger partial charge in [0.15, 0.2) is 0 Å². The Balaban J connectivity index is 1.92. The molecule has 2 rings (SSSR count). The van der Waals surface area contributed by atoms with Gasteiger partial charge in [-0.2, -0.15) is 0 Å². The largest absolute Gasteiger partial charge is 0.459 e. The SMILES string of the molecule is C=C(C)C(=O)OCCOC(=O)NC1CC(C)(C)CC(C)(CNC(=O)OCC[N+](C)(CCCCCCCCCCCCCCCC)CCOC(=O)NCC2(C)CC(NC(=O)OCCOC(=O)C(=C)C)CC(C)(C)C2)C1. The molecule has 74 heavy (non-hydrogen) atoms. The molecule has 0 aromatic rings. The molecule has 0 saturated heterocycles. The summed E-state index contributed by atoms with van der Waals surface area (Å²) in [5, 5.41) is 11.9. The predicted molar refractivity (Wildman–Crippen MR) is 289 cm³/mol. The molecule has 2 aliphatic carbocycles. The van der Waals surface area contributed by atoms with Crippen LogP contribution in [0, 0.1) is 21.7 Å². The van der Waals surface area contributed by atoms with Gasteiger partial charge in [0, 0.05) is 36.3 Å². The molecular formula is C57H102N5O12+. The van der Waals surface area contributed by atoms with E-state index in [1.54, 1.807) is 13.8 Å². The van der Waals surface area contributed by atoms with Gasteiger partial charge in [-0.05, 0) is 86.9 Å². The molecule has 426 valence electrons. The number of likely N-dealkylation sites (N-methyl/N-ethyl adjacent to an activating group) is 1. The molecule has 0 aromatic heterocycles. The maximum absolute atomic E-state index is 13.2. The molecule has 17 heteroatoms. The van der Waals surface area contributed by atoms with E-state index >= 15 is 0 Å². The van der Waals surface area contributed by atoms with Gasteiger partial charge in [-0.1, -0.05) is 139 Å². The number of carbonyl (C=O) groups is 6. The molecule has 17 nitrogen and oxygen atoms in total. The smallest absolute Gasteiger partial charge is 0.407 e. The van der Waals surface area contributed by atoms with E-state index in [1.165, 1.54) is 77.0 Å². The molecule has 2 saturated carbocycles. The summed E-state index contributed by atoms with van der Waals surface area (Å²) in [7, 11) is 2.13. The summed E-state index contributed by atoms with van der Waals surface area (Å²) >= 11 is 0. The van der Waals surface area contributed by atoms with Crippen LogP contribution in [0.5, 0.6) is 0 Å². The van der Waals surface area contributed by atoms with E-state index in [2.05, 4.69) is 89.9 Å². The number of carbonyl (C=O) groups excluding carboxylic acids is 6. The van der Waals surface area contributed by atoms with Crippen LogP contribution in [0.3, 0.4) is 0 Å². The Hall–Kier alpha value is -4.54. The van der Waals surface area contributed by atoms with Crippen molar-refractivity contribution in [1.82, 2.24) is 21.3 Å². The van der Waals surface area contributed by atoms with Gasteiger partial charge in [-0.25, -0.2) is 28.8 Å². The van der Waals surface area contributed by atoms with Crippen LogP contribution < -0.4 is 21.3 Å². The number of alkyl carbamates (subject to hydrolysis) is 4. The Labute approximate surface area is 446 Å². The Morgan fingerprint density at radius 3 is 1.14 bits per heavy atom. The van der Waals surface area contributed by atoms with E-state index in [1.807, 2.05) is 0 Å². The molecule has 4 amide bonds. The fraction of sp³-hybridized carbons (Fsp3) is 0.825. The zero-order valence-corrected chi connectivity index (χ0v) is 47.8. The summed E-state index contributed by atoms with van der Waals surface area (Å²) < 4.78 is 32.7. The first-order valence-corrected chi connectivity index (χ1v) is 27.9. The molecule has 4 atom stereocenters. The molecule has 4 unspecified atom stereocenters. The van der Waals surface area contributed by atoms with Crippen LogP contribution >= 0.6 is 0 Å². The van der Waals surface area contributed by atoms with E-state index in [0.29, 0.717) is 43.5 Å². The van der Waals surface area contributed by atoms with Crippen LogP contribution in [0.25, 0.3) is 0 Å². The first kappa shape index (κ1) is 65.6. The van der Waals surface area contributed by atoms with Crippen LogP contribution in [0.15, 0.2) is 24.3 Å². The van der Waals surface area contributed by atoms with Crippen molar-refractivity contribution in [2.75, 3.05) is 79.4 Å². The number of amides is 4. The maximum Gasteiger partial charge on any atom is 0.407 e. The number of rotatable bonds is 35. The Morgan fingerprint density at radius 2 is 0.784 bits per heavy atom. The lowest BCUT2D eigenvalue weighted by Crippen LogP contribution is -2.51. The number of esters is 2. The third kappa shape index (κ3) is 29.5. The number of hydrogen-bond acceptors (Lipinski definition) is 12. The topological polar surface area (TPSA) is 206 Å². The van der Waals surface area contributed by atoms with E-state index in [-0.39, 0.29) is 84.5 Å². The van der Waals surface area contributed by atoms with Crippen molar-refractivity contribution in [2.45, 2.75) is 203 Å². The minimum Gasteiger partial charge on any atom is -0.459 e. The summed E-state index contributed by atoms with van der Waals surface area (Å²) in [5.41, 5.74) is -0.340. The predicted octanol–water partition coefficient (Wildman–Crippen LogP) is 11.2. The lowest BCUT2D eigenvalue weighted by Gasteiger charge is -2.46. The highest BCUT2D eigenvalue weighted by Crippen LogP contribution is 2.47. The van der Waals surface area contributed by atoms with Crippen LogP contribution in [0.1, 0.15) is 191 Å². The summed E-state index contributed by atoms with van der Waals surface area (Å²) in [4.78, 5) is 75.0. The van der Waals surface area contributed by atoms with Gasteiger partial charge in [0.1, 0.15) is 52.7 Å². The lowest BCUT2D eigenvalue weighted by atomic mass is 9.62. The fourth-order valence-corrected chi connectivity index (χ4v) is 11.4. The van der Waals surface area contributed by atoms with Crippen molar-refractivity contribution in [3.8, 4) is 0 Å². The number of ether oxygens (including phenoxy) is 6. The Morgan fingerprint density at radius 1 is 0.459 bits per heavy atom. The highest BCUT2D eigenvalue weighted by molar-refractivity contribution is 5.87. The number of unbranched alkanes of at least 4 members (excludes halogenated alkanes) is 13. The van der Waals surface area contributed by atoms with Crippen molar-refractivity contribution < 1.29 is 61.7 Å². The summed E-state index contributed by atoms with van der Waals surface area (Å²) in [6, 6.07) is -0.363. The second-order valence-electron chi connectivity index (χ2n) is 24.3. The zero-order chi connectivity index (χ0) is 55.3. The van der Waals surface area contributed by atoms with Gasteiger partial charge >= 0.3 is 36.3 Å². The van der Waals surface area contributed by atoms with Gasteiger partial charge < -0.3 is 54.2 Å². The minimum atomic E-state index is -0.586. The van der Waals surface area contributed by atoms with Gasteiger partial charge in [0.05, 0.1) is 13.6 Å². The maximum atomic E-state index is 13.2. The second-order valence-corrected chi connectivity index (χ2v) is 24.3. The number of nitrogens with zero attached hydrogens (tertiary/aromatic N) is 1. The van der Waals surface area contributed by atoms with Crippen molar-refractivity contribution >= 4 is 36.3 Å². The average Bonchev–Trinajstić information content (AvgIpc) is 3.29. The first-order valence-electron chi connectivity index (χ1n) is 27.9. The second kappa shape index (κ2) is 33.5. The number of quaternary nitrogens is 1. The number of hydrogen-bond donors (Lipinski definition) is 4. The molecule has 0 radical (unpaired) electrons. The molecule has 0 spiro atoms. The fourth-order valence-electron chi connectivity index (χ4n) is 11.4. The third-order valence-corrected chi connectivity index (χ3v) is 14.4. The van der Waals surface area contributed by atoms with Gasteiger partial charge in [0.25, 0.3) is 0 Å². The molecule has 0 aliphatic heterocycles. The van der Waals surface area contributed by atoms with E-state index < -0.39 is 36.3 Å². The first-order chi connectivity index (χ1) is 34.8. The van der Waals surface area contributed by atoms with Crippen molar-refractivity contribution in [3.63, 3.8) is 0 Å². The molecule has 2 fully saturated rings. The van der Waals surface area contributed by atoms with Crippen molar-refractivity contribution in [3.05, 3.63) is 24.3 Å². The van der Waals surface area contributed by atoms with Gasteiger partial charge in [-0.3, -0.25) is 0 Å². The quantitative estimate of drug-likeness (QED) is 0.0154. The van der Waals surface area contributed by atoms with Crippen LogP contribution in [0.4, 0.5) is 19.2 Å². The molecule has 0 bridgehead atoms. The monoisotopic (exact) mass is 1050 g/mol. The molecule has 2 aliphatic rings. The van der Waals surface area contributed by atoms with Crippen molar-refractivity contribution in [1.29, 1.82) is 0 Å². The molecular weight excluding hydrogens is 947 g/mol. The summed E-state index contributed by atoms with van der Waals surface area (Å²) in [5.74, 6) is -1.08. The summed E-state index contributed by atoms with van der Waals surface area (Å²) in [6.07, 6.45) is 20.0. The van der Waals surface area contributed by atoms with Gasteiger partial charge in [0.2, 0.25) is 0 Å². The molecule has 0 aromatic carbocycles. The van der Waals surface area contributed by atoms with Gasteiger partial charge in [-0.15, -0.1) is 0 Å². The highest BCUT2D eigenvalue weighted by atomic mass is 16.6. The standard InChI is InChI=1S/C57H101N5O12/c1-13-14-15-16-17-18-19-20-21-22-23-24-25-26-27-62(12,28-30-71-50(65)58-42-56(10)38-46(36-54(6,7)40-56)60-52(67)73-34-32-69-48(63)44(2)3)29-31-72-51(66)59-43-57(11)39-47(37-55(8,9)41-57)61-53(68)74-35-33-70-49(64)45(4)5/h46-47H,2,4,13-43H2,1,3,5-12H3,(H3-,58,59,60,61,65,66,67,68)/p+1. The van der Waals surface area contributed by atoms with Crippen LogP contribution in [-0.2, 0) is 38.0 Å². The zero-order valence-electron chi connectivity index (χ0n) is 47.8. The summed E-state index contributed by atoms with van der Waals surface area (Å²) in [6.45, 7) is 28.0. The van der Waals surface area contributed by atoms with E-state index in [4.69, 9.17) is 28.4 Å². The third-order valence-electron chi connectivity index (χ3n) is 14.4. The Bertz CT molecular complexity index is 1670. The minimum absolute atomic E-state index is 0.0634. The van der Waals surface area contributed by atoms with Crippen LogP contribution in [-0.4, -0.2) is 132 Å².